The second kappa shape index (κ2) is 7.89. The minimum Gasteiger partial charge on any atom is -0.430 e. The van der Waals surface area contributed by atoms with Crippen LogP contribution in [0.15, 0.2) is 0 Å². The molecule has 0 saturated heterocycles. The van der Waals surface area contributed by atoms with Gasteiger partial charge in [-0.25, -0.2) is 0 Å². The van der Waals surface area contributed by atoms with Crippen molar-refractivity contribution < 1.29 is 31.6 Å². The summed E-state index contributed by atoms with van der Waals surface area (Å²) in [6, 6.07) is -0.167. The van der Waals surface area contributed by atoms with Gasteiger partial charge in [0.15, 0.2) is 0 Å². The van der Waals surface area contributed by atoms with E-state index in [2.05, 4.69) is 0 Å². The van der Waals surface area contributed by atoms with Crippen molar-refractivity contribution in [3.05, 3.63) is 0 Å². The molecule has 3 atom stereocenters. The van der Waals surface area contributed by atoms with Crippen molar-refractivity contribution in [3.8, 4) is 0 Å². The Balaban J connectivity index is 5.73. The van der Waals surface area contributed by atoms with Crippen LogP contribution in [0.3, 0.4) is 0 Å². The van der Waals surface area contributed by atoms with Gasteiger partial charge in [0.2, 0.25) is 16.6 Å². The molecule has 0 aromatic rings. The number of alkyl halides is 3. The summed E-state index contributed by atoms with van der Waals surface area (Å²) in [5, 5.41) is -0.962. The Kier molecular flexibility index (Phi) is 7.98. The Morgan fingerprint density at radius 2 is 1.50 bits per heavy atom. The Labute approximate surface area is 146 Å². The van der Waals surface area contributed by atoms with Crippen LogP contribution in [0.5, 0.6) is 0 Å². The average Bonchev–Trinajstić information content (AvgIpc) is 2.32. The fourth-order valence-corrected chi connectivity index (χ4v) is 10.4. The van der Waals surface area contributed by atoms with Crippen LogP contribution in [0.1, 0.15) is 33.6 Å². The van der Waals surface area contributed by atoms with Crippen molar-refractivity contribution >= 4 is 25.2 Å². The lowest BCUT2D eigenvalue weighted by molar-refractivity contribution is -0.131. The van der Waals surface area contributed by atoms with Crippen molar-refractivity contribution in [1.29, 1.82) is 0 Å². The summed E-state index contributed by atoms with van der Waals surface area (Å²) >= 11 is 0. The highest BCUT2D eigenvalue weighted by molar-refractivity contribution is 6.78. The van der Waals surface area contributed by atoms with E-state index >= 15 is 0 Å². The molecule has 0 aliphatic carbocycles. The van der Waals surface area contributed by atoms with E-state index in [1.807, 2.05) is 6.92 Å². The van der Waals surface area contributed by atoms with Gasteiger partial charge in [-0.15, -0.1) is 0 Å². The predicted molar refractivity (Wildman–Crippen MR) is 96.8 cm³/mol. The van der Waals surface area contributed by atoms with Crippen LogP contribution in [-0.2, 0) is 8.85 Å². The molecule has 0 fully saturated rings. The van der Waals surface area contributed by atoms with Gasteiger partial charge in [0.1, 0.15) is 0 Å². The number of rotatable bonds is 9. The van der Waals surface area contributed by atoms with E-state index in [9.17, 15) is 22.8 Å². The van der Waals surface area contributed by atoms with Crippen molar-refractivity contribution in [2.24, 2.45) is 0 Å². The smallest absolute Gasteiger partial charge is 0.388 e. The molecule has 146 valence electrons. The zero-order chi connectivity index (χ0) is 19.6. The van der Waals surface area contributed by atoms with Crippen LogP contribution >= 0.6 is 0 Å². The molecule has 0 aliphatic heterocycles. The largest absolute Gasteiger partial charge is 0.430 e. The van der Waals surface area contributed by atoms with Crippen molar-refractivity contribution in [2.45, 2.75) is 89.5 Å². The van der Waals surface area contributed by atoms with Crippen LogP contribution in [0.25, 0.3) is 0 Å². The molecule has 0 saturated carbocycles. The third kappa shape index (κ3) is 7.67. The van der Waals surface area contributed by atoms with E-state index in [0.29, 0.717) is 6.42 Å². The van der Waals surface area contributed by atoms with Crippen molar-refractivity contribution in [1.82, 2.24) is 0 Å². The van der Waals surface area contributed by atoms with Gasteiger partial charge < -0.3 is 18.4 Å². The molecule has 24 heavy (non-hydrogen) atoms. The second-order valence-electron chi connectivity index (χ2n) is 7.89. The standard InChI is InChI=1S/C14H33F3O4Si3/c1-9-13(3,21-23(6,7)19)24(8,11-10-14(15,16)17)20-12(2)22(4,5)18/h12,18-19H,9-11H2,1-8H3/t12?,13-,24?/m1/s1. The third-order valence-corrected chi connectivity index (χ3v) is 12.9. The molecule has 0 spiro atoms. The SMILES string of the molecule is CC[C@](C)(O[Si](C)(C)O)[Si](C)(CCC(F)(F)F)OC(C)[Si](C)(C)O. The third-order valence-electron chi connectivity index (χ3n) is 4.59. The quantitative estimate of drug-likeness (QED) is 0.567. The first-order chi connectivity index (χ1) is 10.4. The molecule has 0 amide bonds. The van der Waals surface area contributed by atoms with E-state index in [1.165, 1.54) is 0 Å². The van der Waals surface area contributed by atoms with E-state index in [0.717, 1.165) is 0 Å². The van der Waals surface area contributed by atoms with Gasteiger partial charge in [-0.2, -0.15) is 13.2 Å². The van der Waals surface area contributed by atoms with Crippen molar-refractivity contribution in [2.75, 3.05) is 0 Å². The highest BCUT2D eigenvalue weighted by Crippen LogP contribution is 2.39. The highest BCUT2D eigenvalue weighted by Gasteiger charge is 2.54. The van der Waals surface area contributed by atoms with Gasteiger partial charge in [-0.3, -0.25) is 0 Å². The van der Waals surface area contributed by atoms with Crippen LogP contribution in [0.4, 0.5) is 13.2 Å². The van der Waals surface area contributed by atoms with Gasteiger partial charge in [-0.05, 0) is 59.0 Å². The summed E-state index contributed by atoms with van der Waals surface area (Å²) < 4.78 is 50.5. The zero-order valence-electron chi connectivity index (χ0n) is 16.0. The monoisotopic (exact) mass is 406 g/mol. The molecule has 10 heteroatoms. The first kappa shape index (κ1) is 24.3. The summed E-state index contributed by atoms with van der Waals surface area (Å²) in [7, 11) is -8.73. The summed E-state index contributed by atoms with van der Waals surface area (Å²) in [6.45, 7) is 13.6. The first-order valence-corrected chi connectivity index (χ1v) is 16.7. The molecule has 0 heterocycles. The molecule has 0 aromatic carbocycles. The van der Waals surface area contributed by atoms with E-state index < -0.39 is 48.7 Å². The van der Waals surface area contributed by atoms with Gasteiger partial charge in [-0.1, -0.05) is 6.92 Å². The fourth-order valence-electron chi connectivity index (χ4n) is 2.47. The van der Waals surface area contributed by atoms with E-state index in [1.54, 1.807) is 46.6 Å². The maximum atomic E-state index is 12.8. The van der Waals surface area contributed by atoms with Crippen LogP contribution in [-0.4, -0.2) is 51.9 Å². The minimum absolute atomic E-state index is 0.167. The molecule has 0 bridgehead atoms. The van der Waals surface area contributed by atoms with Crippen LogP contribution in [0.2, 0.25) is 38.8 Å². The summed E-state index contributed by atoms with van der Waals surface area (Å²) in [5.41, 5.74) is -0.514. The molecule has 4 nitrogen and oxygen atoms in total. The molecule has 2 unspecified atom stereocenters. The average molecular weight is 407 g/mol. The Hall–Kier alpha value is 0.281. The lowest BCUT2D eigenvalue weighted by atomic mass is 10.3. The van der Waals surface area contributed by atoms with Crippen LogP contribution in [0, 0.1) is 0 Å². The first-order valence-electron chi connectivity index (χ1n) is 8.25. The molecule has 0 aromatic heterocycles. The summed E-state index contributed by atoms with van der Waals surface area (Å²) in [4.78, 5) is 20.5. The maximum Gasteiger partial charge on any atom is 0.388 e. The van der Waals surface area contributed by atoms with Crippen LogP contribution < -0.4 is 0 Å². The predicted octanol–water partition coefficient (Wildman–Crippen LogP) is 4.07. The fraction of sp³-hybridized carbons (Fsp3) is 1.00. The topological polar surface area (TPSA) is 58.9 Å². The Morgan fingerprint density at radius 1 is 1.04 bits per heavy atom. The number of hydrogen-bond donors (Lipinski definition) is 2. The molecular formula is C14H33F3O4Si3. The minimum atomic E-state index is -4.28. The Bertz CT molecular complexity index is 410. The zero-order valence-corrected chi connectivity index (χ0v) is 19.0. The summed E-state index contributed by atoms with van der Waals surface area (Å²) in [6.07, 6.45) is -4.80. The number of hydrogen-bond acceptors (Lipinski definition) is 4. The van der Waals surface area contributed by atoms with Gasteiger partial charge in [0, 0.05) is 6.42 Å². The lowest BCUT2D eigenvalue weighted by Crippen LogP contribution is -2.64. The molecule has 0 aliphatic rings. The van der Waals surface area contributed by atoms with Crippen molar-refractivity contribution in [3.63, 3.8) is 0 Å². The van der Waals surface area contributed by atoms with E-state index in [-0.39, 0.29) is 6.04 Å². The number of halogens is 3. The molecular weight excluding hydrogens is 373 g/mol. The van der Waals surface area contributed by atoms with Gasteiger partial charge >= 0.3 is 14.7 Å². The van der Waals surface area contributed by atoms with E-state index in [4.69, 9.17) is 8.85 Å². The van der Waals surface area contributed by atoms with Gasteiger partial charge in [0.25, 0.3) is 0 Å². The Morgan fingerprint density at radius 3 is 1.79 bits per heavy atom. The second-order valence-corrected chi connectivity index (χ2v) is 19.4. The molecule has 2 N–H and O–H groups in total. The lowest BCUT2D eigenvalue weighted by Gasteiger charge is -2.48. The van der Waals surface area contributed by atoms with Gasteiger partial charge in [0.05, 0.1) is 11.0 Å². The normalized spacial score (nSPS) is 20.4. The maximum absolute atomic E-state index is 12.8. The summed E-state index contributed by atoms with van der Waals surface area (Å²) in [5.74, 6) is 0. The molecule has 0 radical (unpaired) electrons. The molecule has 0 rings (SSSR count). The highest BCUT2D eigenvalue weighted by atomic mass is 28.4.